The molecule has 5 rings (SSSR count). The Morgan fingerprint density at radius 2 is 1.59 bits per heavy atom. The van der Waals surface area contributed by atoms with Gasteiger partial charge in [0.25, 0.3) is 5.69 Å². The van der Waals surface area contributed by atoms with E-state index >= 15 is 0 Å². The van der Waals surface area contributed by atoms with Gasteiger partial charge in [-0.3, -0.25) is 10.1 Å². The summed E-state index contributed by atoms with van der Waals surface area (Å²) in [7, 11) is -0.728. The number of hydrogen-bond acceptors (Lipinski definition) is 6. The van der Waals surface area contributed by atoms with Crippen LogP contribution >= 0.6 is 0 Å². The summed E-state index contributed by atoms with van der Waals surface area (Å²) >= 11 is 0. The van der Waals surface area contributed by atoms with E-state index in [9.17, 15) is 18.5 Å². The molecule has 0 bridgehead atoms. The van der Waals surface area contributed by atoms with Gasteiger partial charge in [-0.15, -0.1) is 0 Å². The van der Waals surface area contributed by atoms with Crippen LogP contribution in [0.25, 0.3) is 21.5 Å². The van der Waals surface area contributed by atoms with E-state index in [1.165, 1.54) is 28.6 Å². The van der Waals surface area contributed by atoms with Gasteiger partial charge in [0.15, 0.2) is 11.5 Å². The smallest absolute Gasteiger partial charge is 0.269 e. The number of fused-ring (bicyclic) bond motifs is 5. The molecule has 0 aromatic heterocycles. The van der Waals surface area contributed by atoms with Gasteiger partial charge in [0.1, 0.15) is 0 Å². The molecule has 0 saturated heterocycles. The lowest BCUT2D eigenvalue weighted by atomic mass is 9.90. The average Bonchev–Trinajstić information content (AvgIpc) is 2.87. The molecule has 4 aromatic carbocycles. The Morgan fingerprint density at radius 1 is 0.882 bits per heavy atom. The molecular weight excluding hydrogens is 456 g/mol. The van der Waals surface area contributed by atoms with Gasteiger partial charge in [-0.25, -0.2) is 8.42 Å². The van der Waals surface area contributed by atoms with Gasteiger partial charge in [-0.1, -0.05) is 36.4 Å². The molecule has 0 saturated carbocycles. The first-order valence-corrected chi connectivity index (χ1v) is 12.1. The van der Waals surface area contributed by atoms with Crippen LogP contribution in [-0.2, 0) is 23.0 Å². The first kappa shape index (κ1) is 22.1. The highest BCUT2D eigenvalue weighted by molar-refractivity contribution is 7.89. The van der Waals surface area contributed by atoms with Crippen LogP contribution in [0, 0.1) is 10.1 Å². The number of nitrogens with zero attached hydrogens (tertiary/aromatic N) is 2. The van der Waals surface area contributed by atoms with Crippen LogP contribution in [0.15, 0.2) is 65.6 Å². The Morgan fingerprint density at radius 3 is 2.26 bits per heavy atom. The molecule has 0 unspecified atom stereocenters. The zero-order valence-corrected chi connectivity index (χ0v) is 19.5. The number of sulfonamides is 1. The van der Waals surface area contributed by atoms with Gasteiger partial charge in [0, 0.05) is 36.2 Å². The molecule has 8 nitrogen and oxygen atoms in total. The monoisotopic (exact) mass is 478 g/mol. The van der Waals surface area contributed by atoms with Crippen molar-refractivity contribution in [2.75, 3.05) is 20.8 Å². The molecule has 0 amide bonds. The van der Waals surface area contributed by atoms with Gasteiger partial charge in [0.2, 0.25) is 10.0 Å². The zero-order chi connectivity index (χ0) is 24.0. The standard InChI is InChI=1S/C25H22N2O6S/c1-32-24-22-15-26(34(30,31)18-10-8-17(9-11-18)27(28)29)14-13-20(22)21-12-7-16-5-3-4-6-19(16)23(21)25(24)33-2/h3-12H,13-15H2,1-2H3. The highest BCUT2D eigenvalue weighted by Crippen LogP contribution is 2.47. The van der Waals surface area contributed by atoms with Crippen LogP contribution in [0.4, 0.5) is 5.69 Å². The third-order valence-electron chi connectivity index (χ3n) is 6.37. The Kier molecular flexibility index (Phi) is 5.38. The second-order valence-electron chi connectivity index (χ2n) is 8.07. The van der Waals surface area contributed by atoms with E-state index in [4.69, 9.17) is 9.47 Å². The van der Waals surface area contributed by atoms with Crippen LogP contribution in [-0.4, -0.2) is 38.4 Å². The lowest BCUT2D eigenvalue weighted by Crippen LogP contribution is -2.36. The lowest BCUT2D eigenvalue weighted by Gasteiger charge is -2.31. The number of nitro benzene ring substituents is 1. The predicted octanol–water partition coefficient (Wildman–Crippen LogP) is 4.67. The number of hydrogen-bond donors (Lipinski definition) is 0. The van der Waals surface area contributed by atoms with Crippen LogP contribution in [0.2, 0.25) is 0 Å². The van der Waals surface area contributed by atoms with Crippen molar-refractivity contribution in [3.8, 4) is 11.5 Å². The van der Waals surface area contributed by atoms with Crippen molar-refractivity contribution < 1.29 is 22.8 Å². The van der Waals surface area contributed by atoms with E-state index in [0.29, 0.717) is 17.9 Å². The van der Waals surface area contributed by atoms with Gasteiger partial charge in [-0.05, 0) is 40.3 Å². The molecular formula is C25H22N2O6S. The fourth-order valence-electron chi connectivity index (χ4n) is 4.77. The van der Waals surface area contributed by atoms with Crippen molar-refractivity contribution in [2.45, 2.75) is 17.9 Å². The first-order valence-electron chi connectivity index (χ1n) is 10.7. The quantitative estimate of drug-likeness (QED) is 0.235. The number of benzene rings is 4. The number of rotatable bonds is 5. The maximum absolute atomic E-state index is 13.4. The second-order valence-corrected chi connectivity index (χ2v) is 10.0. The molecule has 9 heteroatoms. The molecule has 0 N–H and O–H groups in total. The van der Waals surface area contributed by atoms with E-state index in [1.807, 2.05) is 24.3 Å². The van der Waals surface area contributed by atoms with Crippen molar-refractivity contribution in [2.24, 2.45) is 0 Å². The third-order valence-corrected chi connectivity index (χ3v) is 8.22. The molecule has 34 heavy (non-hydrogen) atoms. The SMILES string of the molecule is COc1c2c(c3ccc4ccccc4c3c1OC)CCN(S(=O)(=O)c1ccc([N+](=O)[O-])cc1)C2. The number of methoxy groups -OCH3 is 2. The summed E-state index contributed by atoms with van der Waals surface area (Å²) in [5.74, 6) is 1.09. The van der Waals surface area contributed by atoms with E-state index in [2.05, 4.69) is 12.1 Å². The van der Waals surface area contributed by atoms with Crippen LogP contribution < -0.4 is 9.47 Å². The maximum Gasteiger partial charge on any atom is 0.269 e. The minimum Gasteiger partial charge on any atom is -0.492 e. The second kappa shape index (κ2) is 8.27. The van der Waals surface area contributed by atoms with Gasteiger partial charge < -0.3 is 9.47 Å². The Labute approximate surface area is 196 Å². The van der Waals surface area contributed by atoms with Crippen LogP contribution in [0.1, 0.15) is 11.1 Å². The lowest BCUT2D eigenvalue weighted by molar-refractivity contribution is -0.384. The highest BCUT2D eigenvalue weighted by Gasteiger charge is 2.33. The van der Waals surface area contributed by atoms with Gasteiger partial charge >= 0.3 is 0 Å². The summed E-state index contributed by atoms with van der Waals surface area (Å²) in [6.45, 7) is 0.390. The number of non-ortho nitro benzene ring substituents is 1. The minimum absolute atomic E-state index is 0.0132. The topological polar surface area (TPSA) is 99.0 Å². The zero-order valence-electron chi connectivity index (χ0n) is 18.6. The van der Waals surface area contributed by atoms with E-state index in [1.54, 1.807) is 14.2 Å². The maximum atomic E-state index is 13.4. The van der Waals surface area contributed by atoms with Crippen molar-refractivity contribution in [3.05, 3.63) is 81.9 Å². The summed E-state index contributed by atoms with van der Waals surface area (Å²) < 4.78 is 39.7. The van der Waals surface area contributed by atoms with E-state index in [-0.39, 0.29) is 23.7 Å². The van der Waals surface area contributed by atoms with E-state index in [0.717, 1.165) is 32.7 Å². The predicted molar refractivity (Wildman–Crippen MR) is 129 cm³/mol. The number of nitro groups is 1. The largest absolute Gasteiger partial charge is 0.492 e. The van der Waals surface area contributed by atoms with Crippen molar-refractivity contribution in [1.29, 1.82) is 0 Å². The van der Waals surface area contributed by atoms with Gasteiger partial charge in [0.05, 0.1) is 24.0 Å². The third kappa shape index (κ3) is 3.36. The first-order chi connectivity index (χ1) is 16.4. The molecule has 1 heterocycles. The molecule has 0 aliphatic carbocycles. The molecule has 1 aliphatic heterocycles. The van der Waals surface area contributed by atoms with Crippen LogP contribution in [0.3, 0.4) is 0 Å². The summed E-state index contributed by atoms with van der Waals surface area (Å²) in [4.78, 5) is 10.4. The summed E-state index contributed by atoms with van der Waals surface area (Å²) in [6.07, 6.45) is 0.497. The fourth-order valence-corrected chi connectivity index (χ4v) is 6.18. The summed E-state index contributed by atoms with van der Waals surface area (Å²) in [5, 5.41) is 15.0. The minimum atomic E-state index is -3.87. The molecule has 0 fully saturated rings. The molecule has 4 aromatic rings. The van der Waals surface area contributed by atoms with Crippen molar-refractivity contribution >= 4 is 37.3 Å². The Bertz CT molecular complexity index is 1550. The fraction of sp³-hybridized carbons (Fsp3) is 0.200. The van der Waals surface area contributed by atoms with Crippen LogP contribution in [0.5, 0.6) is 11.5 Å². The molecule has 174 valence electrons. The normalized spacial score (nSPS) is 14.2. The highest BCUT2D eigenvalue weighted by atomic mass is 32.2. The molecule has 0 spiro atoms. The summed E-state index contributed by atoms with van der Waals surface area (Å²) in [6, 6.07) is 17.1. The van der Waals surface area contributed by atoms with Crippen molar-refractivity contribution in [1.82, 2.24) is 4.31 Å². The average molecular weight is 479 g/mol. The molecule has 1 aliphatic rings. The van der Waals surface area contributed by atoms with Crippen molar-refractivity contribution in [3.63, 3.8) is 0 Å². The van der Waals surface area contributed by atoms with E-state index < -0.39 is 14.9 Å². The summed E-state index contributed by atoms with van der Waals surface area (Å²) in [5.41, 5.74) is 1.64. The number of ether oxygens (including phenoxy) is 2. The van der Waals surface area contributed by atoms with Gasteiger partial charge in [-0.2, -0.15) is 4.31 Å². The molecule has 0 radical (unpaired) electrons. The Hall–Kier alpha value is -3.69. The Balaban J connectivity index is 1.65. The molecule has 0 atom stereocenters.